The Labute approximate surface area is 404 Å². The number of aryl methyl sites for hydroxylation is 2. The molecule has 372 valence electrons. The molecule has 0 radical (unpaired) electrons. The number of carbonyl (C=O) groups is 1. The fourth-order valence-corrected chi connectivity index (χ4v) is 9.01. The van der Waals surface area contributed by atoms with Crippen molar-refractivity contribution in [3.63, 3.8) is 0 Å². The van der Waals surface area contributed by atoms with Gasteiger partial charge in [0.15, 0.2) is 6.61 Å². The quantitative estimate of drug-likeness (QED) is 0.0453. The van der Waals surface area contributed by atoms with Gasteiger partial charge in [0.05, 0.1) is 66.9 Å². The molecule has 1 amide bonds. The molecule has 0 bridgehead atoms. The monoisotopic (exact) mass is 989 g/mol. The van der Waals surface area contributed by atoms with Crippen molar-refractivity contribution < 1.29 is 45.3 Å². The lowest BCUT2D eigenvalue weighted by Gasteiger charge is -2.33. The van der Waals surface area contributed by atoms with Gasteiger partial charge in [-0.15, -0.1) is 0 Å². The number of likely N-dealkylation sites (N-methyl/N-ethyl adjacent to an activating group) is 1. The Balaban J connectivity index is 0.844. The van der Waals surface area contributed by atoms with Gasteiger partial charge in [-0.1, -0.05) is 17.1 Å². The lowest BCUT2D eigenvalue weighted by Crippen LogP contribution is -2.46. The molecule has 7 rings (SSSR count). The number of hydrogen-bond donors (Lipinski definition) is 3. The Morgan fingerprint density at radius 2 is 1.90 bits per heavy atom. The second-order valence-corrected chi connectivity index (χ2v) is 18.3. The third kappa shape index (κ3) is 13.3. The van der Waals surface area contributed by atoms with Gasteiger partial charge in [-0.2, -0.15) is 13.2 Å². The van der Waals surface area contributed by atoms with E-state index in [4.69, 9.17) is 18.7 Å². The van der Waals surface area contributed by atoms with Crippen LogP contribution >= 0.6 is 0 Å². The van der Waals surface area contributed by atoms with E-state index in [1.165, 1.54) is 13.2 Å². The van der Waals surface area contributed by atoms with Crippen LogP contribution in [0.2, 0.25) is 0 Å². The number of methoxy groups -OCH3 is 1. The number of pyridine rings is 2. The number of nitrogens with zero attached hydrogens (tertiary/aromatic N) is 6. The summed E-state index contributed by atoms with van der Waals surface area (Å²) in [6.45, 7) is 4.32. The molecule has 4 aromatic heterocycles. The summed E-state index contributed by atoms with van der Waals surface area (Å²) in [5.41, 5.74) is 4.48. The molecule has 3 N–H and O–H groups in total. The van der Waals surface area contributed by atoms with Gasteiger partial charge in [-0.3, -0.25) is 9.59 Å². The third-order valence-corrected chi connectivity index (χ3v) is 12.9. The topological polar surface area (TPSA) is 170 Å². The first-order valence-electron chi connectivity index (χ1n) is 22.4. The molecule has 0 saturated carbocycles. The molecule has 6 aromatic rings. The number of anilines is 2. The van der Waals surface area contributed by atoms with Gasteiger partial charge < -0.3 is 48.7 Å². The van der Waals surface area contributed by atoms with E-state index in [-0.39, 0.29) is 69.0 Å². The van der Waals surface area contributed by atoms with Crippen molar-refractivity contribution in [2.75, 3.05) is 84.4 Å². The number of rotatable bonds is 20. The largest absolute Gasteiger partial charge is 0.495 e. The van der Waals surface area contributed by atoms with E-state index in [2.05, 4.69) is 37.9 Å². The molecule has 0 spiro atoms. The standard InChI is InChI=1S/C49H55F4N9O7S/c1-32-48(33(2)69-58-32)35-11-14-47(64)61(28-35)27-34-15-18-56-46(24-34)68-30-45(63)55-19-22-67-23-21-60(4)70(65)37-12-13-42(44(26-37)66-5)54-17-7-8-36-25-38-40(57-41-16-20-59(3)29-39(41)50)9-6-10-43(38)62(36)31-49(51,52)53/h6,9-15,18,24-26,28,39,41,54,57H,16-17,19-23,27,29-31H2,1-5H3,(H,55,63). The van der Waals surface area contributed by atoms with E-state index < -0.39 is 35.9 Å². The number of aromatic nitrogens is 4. The number of likely N-dealkylation sites (tertiary alicyclic amines) is 1. The molecule has 3 atom stereocenters. The number of piperidine rings is 1. The van der Waals surface area contributed by atoms with E-state index >= 15 is 0 Å². The highest BCUT2D eigenvalue weighted by atomic mass is 32.2. The smallest absolute Gasteiger partial charge is 0.406 e. The van der Waals surface area contributed by atoms with Gasteiger partial charge in [0, 0.05) is 80.0 Å². The van der Waals surface area contributed by atoms with Gasteiger partial charge in [0.25, 0.3) is 11.5 Å². The number of hydrogen-bond acceptors (Lipinski definition) is 12. The summed E-state index contributed by atoms with van der Waals surface area (Å²) in [4.78, 5) is 31.7. The van der Waals surface area contributed by atoms with Gasteiger partial charge in [0.2, 0.25) is 5.88 Å². The second kappa shape index (κ2) is 23.3. The Hall–Kier alpha value is -6.73. The zero-order valence-electron chi connectivity index (χ0n) is 39.4. The molecule has 21 heteroatoms. The van der Waals surface area contributed by atoms with Gasteiger partial charge in [-0.25, -0.2) is 17.9 Å². The molecule has 3 unspecified atom stereocenters. The van der Waals surface area contributed by atoms with Crippen LogP contribution in [-0.2, 0) is 33.6 Å². The lowest BCUT2D eigenvalue weighted by atomic mass is 10.0. The van der Waals surface area contributed by atoms with E-state index in [0.29, 0.717) is 58.2 Å². The summed E-state index contributed by atoms with van der Waals surface area (Å²) in [6, 6.07) is 17.7. The van der Waals surface area contributed by atoms with Crippen molar-refractivity contribution in [2.24, 2.45) is 0 Å². The van der Waals surface area contributed by atoms with Crippen LogP contribution in [0.15, 0.2) is 93.3 Å². The summed E-state index contributed by atoms with van der Waals surface area (Å²) in [5.74, 6) is 6.67. The number of alkyl halides is 4. The third-order valence-electron chi connectivity index (χ3n) is 11.5. The minimum absolute atomic E-state index is 0.0550. The number of fused-ring (bicyclic) bond motifs is 1. The van der Waals surface area contributed by atoms with Gasteiger partial charge in [-0.05, 0) is 87.3 Å². The number of amides is 1. The Morgan fingerprint density at radius 1 is 1.07 bits per heavy atom. The zero-order chi connectivity index (χ0) is 50.0. The highest BCUT2D eigenvalue weighted by Crippen LogP contribution is 2.32. The van der Waals surface area contributed by atoms with Crippen molar-refractivity contribution in [3.8, 4) is 34.6 Å². The first-order chi connectivity index (χ1) is 33.6. The van der Waals surface area contributed by atoms with E-state index in [0.717, 1.165) is 27.0 Å². The van der Waals surface area contributed by atoms with Crippen LogP contribution in [0.5, 0.6) is 11.6 Å². The second-order valence-electron chi connectivity index (χ2n) is 16.7. The lowest BCUT2D eigenvalue weighted by molar-refractivity contribution is -0.140. The number of ether oxygens (including phenoxy) is 3. The predicted octanol–water partition coefficient (Wildman–Crippen LogP) is 6.17. The van der Waals surface area contributed by atoms with Crippen molar-refractivity contribution in [1.29, 1.82) is 0 Å². The minimum atomic E-state index is -4.51. The first kappa shape index (κ1) is 51.1. The van der Waals surface area contributed by atoms with Gasteiger partial charge in [0.1, 0.15) is 35.2 Å². The van der Waals surface area contributed by atoms with Crippen molar-refractivity contribution in [3.05, 3.63) is 112 Å². The maximum atomic E-state index is 14.9. The molecular weight excluding hydrogens is 935 g/mol. The molecule has 0 aliphatic carbocycles. The number of carbonyl (C=O) groups excluding carboxylic acids is 1. The van der Waals surface area contributed by atoms with Crippen molar-refractivity contribution in [2.45, 2.75) is 56.6 Å². The zero-order valence-corrected chi connectivity index (χ0v) is 40.2. The Morgan fingerprint density at radius 3 is 2.66 bits per heavy atom. The molecule has 16 nitrogen and oxygen atoms in total. The highest BCUT2D eigenvalue weighted by Gasteiger charge is 2.31. The summed E-state index contributed by atoms with van der Waals surface area (Å²) in [5, 5.41) is 13.6. The van der Waals surface area contributed by atoms with Crippen molar-refractivity contribution >= 4 is 39.2 Å². The summed E-state index contributed by atoms with van der Waals surface area (Å²) in [6.07, 6.45) is -1.80. The van der Waals surface area contributed by atoms with E-state index in [1.807, 2.05) is 25.8 Å². The van der Waals surface area contributed by atoms with Crippen molar-refractivity contribution in [1.82, 2.24) is 33.8 Å². The Kier molecular flexibility index (Phi) is 17.0. The predicted molar refractivity (Wildman–Crippen MR) is 258 cm³/mol. The molecule has 5 heterocycles. The molecule has 70 heavy (non-hydrogen) atoms. The summed E-state index contributed by atoms with van der Waals surface area (Å²) >= 11 is 0. The number of benzene rings is 2. The molecular formula is C49H55F4N9O7S. The van der Waals surface area contributed by atoms with Crippen LogP contribution in [0.3, 0.4) is 0 Å². The Bertz CT molecular complexity index is 2910. The number of halogens is 4. The fourth-order valence-electron chi connectivity index (χ4n) is 8.02. The number of nitrogens with one attached hydrogen (secondary N) is 3. The SMILES string of the molecule is COc1cc(S(=O)N(C)CCOCCNC(=O)COc2cc(Cn3cc(-c4c(C)noc4C)ccc3=O)ccn2)ccc1NCC#Cc1cc2c(NC3CCN(C)CC3F)cccc2n1CC(F)(F)F. The maximum absolute atomic E-state index is 14.9. The van der Waals surface area contributed by atoms with E-state index in [9.17, 15) is 31.4 Å². The van der Waals surface area contributed by atoms with Gasteiger partial charge >= 0.3 is 6.18 Å². The van der Waals surface area contributed by atoms with Crippen LogP contribution in [0.1, 0.15) is 29.1 Å². The molecule has 2 aromatic carbocycles. The van der Waals surface area contributed by atoms with Crippen LogP contribution < -0.4 is 31.0 Å². The van der Waals surface area contributed by atoms with Crippen LogP contribution in [0, 0.1) is 25.7 Å². The normalized spacial score (nSPS) is 15.6. The van der Waals surface area contributed by atoms with E-state index in [1.54, 1.807) is 89.0 Å². The highest BCUT2D eigenvalue weighted by molar-refractivity contribution is 7.82. The fraction of sp³-hybridized carbons (Fsp3) is 0.388. The average molecular weight is 990 g/mol. The maximum Gasteiger partial charge on any atom is 0.406 e. The summed E-state index contributed by atoms with van der Waals surface area (Å²) in [7, 11) is 3.40. The summed E-state index contributed by atoms with van der Waals surface area (Å²) < 4.78 is 96.0. The molecule has 1 aliphatic heterocycles. The van der Waals surface area contributed by atoms with Crippen LogP contribution in [-0.4, -0.2) is 131 Å². The van der Waals surface area contributed by atoms with Crippen LogP contribution in [0.25, 0.3) is 22.0 Å². The molecule has 1 fully saturated rings. The minimum Gasteiger partial charge on any atom is -0.495 e. The van der Waals surface area contributed by atoms with Crippen LogP contribution in [0.4, 0.5) is 28.9 Å². The first-order valence-corrected chi connectivity index (χ1v) is 23.6. The average Bonchev–Trinajstić information content (AvgIpc) is 3.86. The molecule has 1 aliphatic rings. The molecule has 1 saturated heterocycles.